The first-order chi connectivity index (χ1) is 23.7. The summed E-state index contributed by atoms with van der Waals surface area (Å²) in [6.07, 6.45) is 2.02. The van der Waals surface area contributed by atoms with Crippen LogP contribution in [0.25, 0.3) is 60.6 Å². The van der Waals surface area contributed by atoms with Crippen molar-refractivity contribution in [2.24, 2.45) is 0 Å². The van der Waals surface area contributed by atoms with Crippen LogP contribution >= 0.6 is 11.3 Å². The average molecular weight is 862 g/mol. The molecule has 0 aliphatic rings. The molecule has 0 N–H and O–H groups in total. The van der Waals surface area contributed by atoms with Crippen molar-refractivity contribution in [1.82, 2.24) is 14.5 Å². The van der Waals surface area contributed by atoms with E-state index in [-0.39, 0.29) is 20.1 Å². The zero-order valence-electron chi connectivity index (χ0n) is 29.2. The van der Waals surface area contributed by atoms with Gasteiger partial charge in [-0.05, 0) is 78.2 Å². The van der Waals surface area contributed by atoms with Gasteiger partial charge in [0.1, 0.15) is 0 Å². The van der Waals surface area contributed by atoms with Gasteiger partial charge < -0.3 is 9.55 Å². The number of aryl methyl sites for hydroxylation is 3. The fourth-order valence-electron chi connectivity index (χ4n) is 6.38. The van der Waals surface area contributed by atoms with Gasteiger partial charge in [-0.25, -0.2) is 0 Å². The third kappa shape index (κ3) is 7.21. The van der Waals surface area contributed by atoms with Gasteiger partial charge in [-0.1, -0.05) is 108 Å². The Kier molecular flexibility index (Phi) is 10.5. The molecule has 0 saturated heterocycles. The molecule has 3 nitrogen and oxygen atoms in total. The molecule has 0 fully saturated rings. The molecule has 3 heterocycles. The summed E-state index contributed by atoms with van der Waals surface area (Å²) >= 11 is 1.66. The second-order valence-corrected chi connectivity index (χ2v) is 19.5. The Labute approximate surface area is 314 Å². The van der Waals surface area contributed by atoms with Crippen LogP contribution < -0.4 is 5.19 Å². The quantitative estimate of drug-likeness (QED) is 0.127. The van der Waals surface area contributed by atoms with Crippen LogP contribution in [0.3, 0.4) is 0 Å². The number of fused-ring (bicyclic) bond motifs is 2. The van der Waals surface area contributed by atoms with Crippen molar-refractivity contribution < 1.29 is 20.1 Å². The molecule has 0 aliphatic carbocycles. The first kappa shape index (κ1) is 35.4. The predicted octanol–water partition coefficient (Wildman–Crippen LogP) is 11.4. The number of para-hydroxylation sites is 2. The molecule has 0 saturated carbocycles. The zero-order valence-corrected chi connectivity index (χ0v) is 33.4. The molecular formula is C44H39IrN3SSi-2. The van der Waals surface area contributed by atoms with E-state index in [9.17, 15) is 0 Å². The number of nitrogens with zero attached hydrogens (tertiary/aromatic N) is 3. The first-order valence-corrected chi connectivity index (χ1v) is 21.0. The molecular weight excluding hydrogens is 823 g/mol. The van der Waals surface area contributed by atoms with Crippen molar-refractivity contribution in [2.45, 2.75) is 40.4 Å². The van der Waals surface area contributed by atoms with Gasteiger partial charge in [0, 0.05) is 32.0 Å². The molecule has 0 bridgehead atoms. The largest absolute Gasteiger partial charge is 0.333 e. The van der Waals surface area contributed by atoms with E-state index in [1.54, 1.807) is 11.3 Å². The Hall–Kier alpha value is -4.45. The van der Waals surface area contributed by atoms with E-state index in [0.29, 0.717) is 0 Å². The fraction of sp³-hybridized carbons (Fsp3) is 0.136. The number of benzene rings is 5. The van der Waals surface area contributed by atoms with Gasteiger partial charge in [0.25, 0.3) is 0 Å². The van der Waals surface area contributed by atoms with Crippen molar-refractivity contribution >= 4 is 45.7 Å². The third-order valence-electron chi connectivity index (χ3n) is 8.91. The van der Waals surface area contributed by atoms with Gasteiger partial charge in [0.05, 0.1) is 24.9 Å². The van der Waals surface area contributed by atoms with Crippen molar-refractivity contribution in [1.29, 1.82) is 0 Å². The summed E-state index contributed by atoms with van der Waals surface area (Å²) in [4.78, 5) is 9.60. The standard InChI is InChI=1S/C30H23N2S.C14H16NSi.Ir/c1-19-13-14-24-25(18-33-28(24)15-19)30-31-26-11-7-8-12-27(26)32(30)23-16-20(2)29(21(3)17-23)22-9-5-4-6-10-22;1-16(2,3)13-9-10-14(15-11-13)12-7-5-4-6-8-12;/h4-17H,1-3H3;4-7,9-11H,1-3H3;/q2*-1;. The molecule has 50 heavy (non-hydrogen) atoms. The van der Waals surface area contributed by atoms with Crippen LogP contribution in [0.4, 0.5) is 0 Å². The molecule has 1 radical (unpaired) electrons. The second kappa shape index (κ2) is 14.8. The van der Waals surface area contributed by atoms with E-state index in [2.05, 4.69) is 158 Å². The Bertz CT molecular complexity index is 2370. The topological polar surface area (TPSA) is 30.7 Å². The molecule has 251 valence electrons. The summed E-state index contributed by atoms with van der Waals surface area (Å²) in [5, 5.41) is 6.15. The number of pyridine rings is 1. The number of hydrogen-bond acceptors (Lipinski definition) is 3. The summed E-state index contributed by atoms with van der Waals surface area (Å²) in [6.45, 7) is 13.5. The monoisotopic (exact) mass is 862 g/mol. The van der Waals surface area contributed by atoms with E-state index in [0.717, 1.165) is 39.4 Å². The van der Waals surface area contributed by atoms with Gasteiger partial charge in [0.2, 0.25) is 0 Å². The van der Waals surface area contributed by atoms with E-state index in [1.807, 2.05) is 30.5 Å². The van der Waals surface area contributed by atoms with Crippen LogP contribution in [0, 0.1) is 32.2 Å². The molecule has 8 rings (SSSR count). The van der Waals surface area contributed by atoms with Crippen LogP contribution in [0.1, 0.15) is 16.7 Å². The van der Waals surface area contributed by atoms with E-state index >= 15 is 0 Å². The van der Waals surface area contributed by atoms with Crippen LogP contribution in [0.15, 0.2) is 128 Å². The van der Waals surface area contributed by atoms with Crippen LogP contribution in [0.2, 0.25) is 19.6 Å². The van der Waals surface area contributed by atoms with Crippen molar-refractivity contribution in [3.05, 3.63) is 156 Å². The van der Waals surface area contributed by atoms with Crippen LogP contribution in [-0.4, -0.2) is 22.6 Å². The summed E-state index contributed by atoms with van der Waals surface area (Å²) < 4.78 is 3.54. The second-order valence-electron chi connectivity index (χ2n) is 13.6. The smallest absolute Gasteiger partial charge is 0.0795 e. The number of rotatable bonds is 5. The Morgan fingerprint density at radius 2 is 1.46 bits per heavy atom. The first-order valence-electron chi connectivity index (χ1n) is 16.7. The summed E-state index contributed by atoms with van der Waals surface area (Å²) in [5.41, 5.74) is 12.7. The van der Waals surface area contributed by atoms with Crippen molar-refractivity contribution in [3.8, 4) is 39.5 Å². The molecule has 0 amide bonds. The minimum Gasteiger partial charge on any atom is -0.333 e. The summed E-state index contributed by atoms with van der Waals surface area (Å²) in [6, 6.07) is 45.6. The van der Waals surface area contributed by atoms with Crippen molar-refractivity contribution in [2.75, 3.05) is 0 Å². The molecule has 0 unspecified atom stereocenters. The van der Waals surface area contributed by atoms with Gasteiger partial charge in [-0.2, -0.15) is 0 Å². The Balaban J connectivity index is 0.000000215. The maximum Gasteiger partial charge on any atom is 0.0795 e. The average Bonchev–Trinajstić information content (AvgIpc) is 3.70. The molecule has 0 atom stereocenters. The molecule has 5 aromatic carbocycles. The predicted molar refractivity (Wildman–Crippen MR) is 212 cm³/mol. The fourth-order valence-corrected chi connectivity index (χ4v) is 8.36. The number of aromatic nitrogens is 3. The number of thiophene rings is 1. The molecule has 0 aliphatic heterocycles. The third-order valence-corrected chi connectivity index (χ3v) is 11.8. The number of hydrogen-bond donors (Lipinski definition) is 0. The minimum atomic E-state index is -1.23. The van der Waals surface area contributed by atoms with Crippen molar-refractivity contribution in [3.63, 3.8) is 0 Å². The molecule has 0 spiro atoms. The molecule has 8 aromatic rings. The van der Waals surface area contributed by atoms with Crippen LogP contribution in [0.5, 0.6) is 0 Å². The van der Waals surface area contributed by atoms with Gasteiger partial charge in [-0.3, -0.25) is 16.3 Å². The van der Waals surface area contributed by atoms with E-state index < -0.39 is 8.07 Å². The Morgan fingerprint density at radius 1 is 0.740 bits per heavy atom. The molecule has 3 aromatic heterocycles. The zero-order chi connectivity index (χ0) is 34.1. The van der Waals surface area contributed by atoms with Crippen LogP contribution in [-0.2, 0) is 20.1 Å². The van der Waals surface area contributed by atoms with Gasteiger partial charge in [-0.15, -0.1) is 47.3 Å². The summed E-state index contributed by atoms with van der Waals surface area (Å²) in [5.74, 6) is 0.942. The maximum absolute atomic E-state index is 5.08. The minimum absolute atomic E-state index is 0. The normalized spacial score (nSPS) is 11.2. The SMILES string of the molecule is C[Si](C)(C)c1ccc(-c2[c-]cccc2)nc1.Cc1ccc2c(-c3nc4ccccc4n3-c3cc(C)c(-c4ccccc4)c(C)c3)[c-]sc2c1.[Ir]. The van der Waals surface area contributed by atoms with Gasteiger partial charge in [0.15, 0.2) is 0 Å². The van der Waals surface area contributed by atoms with E-state index in [1.165, 1.54) is 43.1 Å². The van der Waals surface area contributed by atoms with Gasteiger partial charge >= 0.3 is 0 Å². The molecule has 6 heteroatoms. The Morgan fingerprint density at radius 3 is 2.14 bits per heavy atom. The van der Waals surface area contributed by atoms with E-state index in [4.69, 9.17) is 4.98 Å². The summed E-state index contributed by atoms with van der Waals surface area (Å²) in [7, 11) is -1.23. The maximum atomic E-state index is 5.08. The number of imidazole rings is 1.